The molecule has 0 spiro atoms. The fraction of sp³-hybridized carbons (Fsp3) is 0.500. The van der Waals surface area contributed by atoms with E-state index in [2.05, 4.69) is 5.10 Å². The normalized spacial score (nSPS) is 15.6. The average molecular weight is 557 g/mol. The van der Waals surface area contributed by atoms with Gasteiger partial charge in [0.2, 0.25) is 0 Å². The molecule has 1 unspecified atom stereocenters. The summed E-state index contributed by atoms with van der Waals surface area (Å²) in [5.74, 6) is -0.781. The molecule has 1 aliphatic rings. The monoisotopic (exact) mass is 556 g/mol. The van der Waals surface area contributed by atoms with Gasteiger partial charge >= 0.3 is 6.03 Å². The quantitative estimate of drug-likeness (QED) is 0.353. The molecule has 0 bridgehead atoms. The lowest BCUT2D eigenvalue weighted by Crippen LogP contribution is -2.51. The number of amides is 2. The van der Waals surface area contributed by atoms with Crippen LogP contribution in [0.3, 0.4) is 0 Å². The van der Waals surface area contributed by atoms with Crippen LogP contribution in [0.5, 0.6) is 0 Å². The Morgan fingerprint density at radius 1 is 1.07 bits per heavy atom. The zero-order valence-corrected chi connectivity index (χ0v) is 23.5. The zero-order valence-electron chi connectivity index (χ0n) is 23.5. The molecule has 2 aromatic carbocycles. The predicted molar refractivity (Wildman–Crippen MR) is 149 cm³/mol. The third-order valence-electron chi connectivity index (χ3n) is 7.23. The summed E-state index contributed by atoms with van der Waals surface area (Å²) < 4.78 is 44.1. The molecule has 216 valence electrons. The molecule has 0 aliphatic carbocycles. The summed E-state index contributed by atoms with van der Waals surface area (Å²) in [5.41, 5.74) is 6.27. The smallest absolute Gasteiger partial charge is 0.320 e. The highest BCUT2D eigenvalue weighted by Gasteiger charge is 2.40. The largest absolute Gasteiger partial charge is 0.325 e. The van der Waals surface area contributed by atoms with Gasteiger partial charge in [-0.1, -0.05) is 51.1 Å². The molecule has 1 saturated heterocycles. The summed E-state index contributed by atoms with van der Waals surface area (Å²) >= 11 is 0. The Hall–Kier alpha value is -3.40. The standard InChI is InChI=1S/C30H39F3N6O/c1-30(2,3)26(38(17-14-23(34)19-31)29(40)37-15-8-5-9-16-37)28-35-27(24-18-22(32)12-13-25(24)33)36-39(28)20-21-10-6-4-7-11-21/h4,6-7,10-13,18,23,26H,5,8-9,14-17,19-20,34H2,1-3H3/t23-,26?/m1/s1. The molecule has 0 saturated carbocycles. The summed E-state index contributed by atoms with van der Waals surface area (Å²) in [4.78, 5) is 22.4. The molecule has 40 heavy (non-hydrogen) atoms. The van der Waals surface area contributed by atoms with Crippen molar-refractivity contribution in [3.63, 3.8) is 0 Å². The number of hydrogen-bond donors (Lipinski definition) is 1. The predicted octanol–water partition coefficient (Wildman–Crippen LogP) is 5.95. The molecule has 7 nitrogen and oxygen atoms in total. The van der Waals surface area contributed by atoms with Crippen molar-refractivity contribution in [3.8, 4) is 11.4 Å². The van der Waals surface area contributed by atoms with E-state index in [1.165, 1.54) is 0 Å². The molecule has 10 heteroatoms. The van der Waals surface area contributed by atoms with Crippen molar-refractivity contribution in [1.82, 2.24) is 24.6 Å². The lowest BCUT2D eigenvalue weighted by Gasteiger charge is -2.42. The van der Waals surface area contributed by atoms with Gasteiger partial charge in [0.15, 0.2) is 11.6 Å². The van der Waals surface area contributed by atoms with Gasteiger partial charge in [-0.25, -0.2) is 27.6 Å². The van der Waals surface area contributed by atoms with Gasteiger partial charge in [-0.2, -0.15) is 5.10 Å². The topological polar surface area (TPSA) is 80.3 Å². The van der Waals surface area contributed by atoms with Crippen LogP contribution >= 0.6 is 0 Å². The Morgan fingerprint density at radius 2 is 1.77 bits per heavy atom. The maximum atomic E-state index is 14.9. The van der Waals surface area contributed by atoms with Crippen molar-refractivity contribution in [2.45, 2.75) is 65.1 Å². The highest BCUT2D eigenvalue weighted by atomic mass is 19.1. The number of likely N-dealkylation sites (tertiary alicyclic amines) is 1. The Balaban J connectivity index is 1.85. The number of carbonyl (C=O) groups is 1. The Bertz CT molecular complexity index is 1270. The first-order valence-corrected chi connectivity index (χ1v) is 13.9. The van der Waals surface area contributed by atoms with Crippen LogP contribution in [0.2, 0.25) is 0 Å². The number of aromatic nitrogens is 3. The Labute approximate surface area is 234 Å². The third-order valence-corrected chi connectivity index (χ3v) is 7.23. The fourth-order valence-electron chi connectivity index (χ4n) is 5.19. The van der Waals surface area contributed by atoms with E-state index in [9.17, 15) is 18.0 Å². The van der Waals surface area contributed by atoms with Gasteiger partial charge in [0.05, 0.1) is 18.2 Å². The van der Waals surface area contributed by atoms with E-state index in [1.807, 2.05) is 56.0 Å². The molecule has 2 atom stereocenters. The molecule has 0 radical (unpaired) electrons. The summed E-state index contributed by atoms with van der Waals surface area (Å²) in [6.07, 6.45) is 3.15. The second-order valence-corrected chi connectivity index (χ2v) is 11.6. The van der Waals surface area contributed by atoms with Gasteiger partial charge in [-0.3, -0.25) is 0 Å². The zero-order chi connectivity index (χ0) is 28.9. The van der Waals surface area contributed by atoms with Crippen LogP contribution in [0, 0.1) is 17.0 Å². The minimum atomic E-state index is -0.712. The van der Waals surface area contributed by atoms with Crippen LogP contribution in [-0.4, -0.2) is 62.9 Å². The van der Waals surface area contributed by atoms with Gasteiger partial charge in [-0.05, 0) is 54.9 Å². The van der Waals surface area contributed by atoms with Crippen molar-refractivity contribution in [1.29, 1.82) is 0 Å². The molecule has 2 N–H and O–H groups in total. The number of urea groups is 1. The second-order valence-electron chi connectivity index (χ2n) is 11.6. The van der Waals surface area contributed by atoms with Crippen molar-refractivity contribution in [3.05, 3.63) is 71.6 Å². The van der Waals surface area contributed by atoms with E-state index < -0.39 is 35.8 Å². The molecule has 1 aromatic heterocycles. The van der Waals surface area contributed by atoms with Crippen LogP contribution in [0.15, 0.2) is 48.5 Å². The van der Waals surface area contributed by atoms with Gasteiger partial charge in [0.1, 0.15) is 18.3 Å². The number of rotatable bonds is 9. The van der Waals surface area contributed by atoms with Crippen LogP contribution in [0.1, 0.15) is 63.9 Å². The lowest BCUT2D eigenvalue weighted by atomic mass is 9.84. The Morgan fingerprint density at radius 3 is 2.42 bits per heavy atom. The van der Waals surface area contributed by atoms with E-state index in [-0.39, 0.29) is 30.4 Å². The van der Waals surface area contributed by atoms with Gasteiger partial charge in [0, 0.05) is 25.7 Å². The number of hydrogen-bond acceptors (Lipinski definition) is 4. The Kier molecular flexibility index (Phi) is 9.50. The van der Waals surface area contributed by atoms with Crippen molar-refractivity contribution in [2.75, 3.05) is 26.3 Å². The SMILES string of the molecule is CC(C)(C)C(c1nc(-c2cc(F)ccc2F)nn1Cc1ccccc1)N(CC[C@@H](N)CF)C(=O)N1CCCCC1. The average Bonchev–Trinajstić information content (AvgIpc) is 3.34. The number of piperidine rings is 1. The first-order valence-electron chi connectivity index (χ1n) is 13.9. The van der Waals surface area contributed by atoms with E-state index in [0.717, 1.165) is 43.0 Å². The van der Waals surface area contributed by atoms with E-state index in [1.54, 1.807) is 9.58 Å². The number of halogens is 3. The summed E-state index contributed by atoms with van der Waals surface area (Å²) in [6, 6.07) is 11.3. The third kappa shape index (κ3) is 7.02. The first-order chi connectivity index (χ1) is 19.1. The molecule has 2 heterocycles. The number of benzene rings is 2. The first kappa shape index (κ1) is 29.6. The van der Waals surface area contributed by atoms with Crippen molar-refractivity contribution in [2.24, 2.45) is 11.1 Å². The van der Waals surface area contributed by atoms with E-state index in [4.69, 9.17) is 10.7 Å². The summed E-state index contributed by atoms with van der Waals surface area (Å²) in [7, 11) is 0. The minimum absolute atomic E-state index is 0.0306. The second kappa shape index (κ2) is 12.8. The van der Waals surface area contributed by atoms with Crippen LogP contribution in [-0.2, 0) is 6.54 Å². The van der Waals surface area contributed by atoms with Gasteiger partial charge in [0.25, 0.3) is 0 Å². The molecular weight excluding hydrogens is 517 g/mol. The highest BCUT2D eigenvalue weighted by molar-refractivity contribution is 5.75. The summed E-state index contributed by atoms with van der Waals surface area (Å²) in [5, 5.41) is 4.64. The van der Waals surface area contributed by atoms with Gasteiger partial charge in [-0.15, -0.1) is 0 Å². The maximum Gasteiger partial charge on any atom is 0.320 e. The molecule has 2 amide bonds. The van der Waals surface area contributed by atoms with Gasteiger partial charge < -0.3 is 15.5 Å². The fourth-order valence-corrected chi connectivity index (χ4v) is 5.19. The molecule has 4 rings (SSSR count). The van der Waals surface area contributed by atoms with Crippen LogP contribution in [0.25, 0.3) is 11.4 Å². The van der Waals surface area contributed by atoms with E-state index >= 15 is 0 Å². The molecule has 1 fully saturated rings. The van der Waals surface area contributed by atoms with Crippen molar-refractivity contribution >= 4 is 6.03 Å². The van der Waals surface area contributed by atoms with E-state index in [0.29, 0.717) is 25.5 Å². The minimum Gasteiger partial charge on any atom is -0.325 e. The lowest BCUT2D eigenvalue weighted by molar-refractivity contribution is 0.0762. The highest BCUT2D eigenvalue weighted by Crippen LogP contribution is 2.39. The number of nitrogens with zero attached hydrogens (tertiary/aromatic N) is 5. The van der Waals surface area contributed by atoms with Crippen LogP contribution < -0.4 is 5.73 Å². The molecule has 3 aromatic rings. The number of carbonyl (C=O) groups excluding carboxylic acids is 1. The number of nitrogens with two attached hydrogens (primary N) is 1. The summed E-state index contributed by atoms with van der Waals surface area (Å²) in [6.45, 7) is 7.08. The van der Waals surface area contributed by atoms with Crippen LogP contribution in [0.4, 0.5) is 18.0 Å². The number of alkyl halides is 1. The van der Waals surface area contributed by atoms with Crippen molar-refractivity contribution < 1.29 is 18.0 Å². The maximum absolute atomic E-state index is 14.9. The molecular formula is C30H39F3N6O. The molecule has 1 aliphatic heterocycles.